The van der Waals surface area contributed by atoms with E-state index in [0.717, 1.165) is 0 Å². The molecule has 0 aliphatic rings. The molecule has 5 nitrogen and oxygen atoms in total. The molecule has 0 aromatic heterocycles. The molecular formula is C17H16O5. The average molecular weight is 300 g/mol. The van der Waals surface area contributed by atoms with Crippen molar-refractivity contribution in [2.24, 2.45) is 0 Å². The Morgan fingerprint density at radius 2 is 1.59 bits per heavy atom. The molecule has 2 aromatic carbocycles. The first-order valence-electron chi connectivity index (χ1n) is 6.64. The second-order valence-electron chi connectivity index (χ2n) is 4.60. The molecule has 2 aromatic rings. The molecule has 0 heterocycles. The third-order valence-corrected chi connectivity index (χ3v) is 3.22. The summed E-state index contributed by atoms with van der Waals surface area (Å²) in [6.07, 6.45) is -0.209. The number of hydrogen-bond donors (Lipinski definition) is 1. The van der Waals surface area contributed by atoms with Crippen LogP contribution < -0.4 is 9.47 Å². The number of aliphatic carboxylic acids is 1. The first kappa shape index (κ1) is 15.6. The summed E-state index contributed by atoms with van der Waals surface area (Å²) in [4.78, 5) is 23.5. The number of carboxylic acid groups (broad SMARTS) is 1. The van der Waals surface area contributed by atoms with Crippen molar-refractivity contribution in [1.82, 2.24) is 0 Å². The van der Waals surface area contributed by atoms with Crippen molar-refractivity contribution in [2.75, 3.05) is 14.2 Å². The van der Waals surface area contributed by atoms with Crippen LogP contribution in [0.15, 0.2) is 42.5 Å². The molecule has 0 bridgehead atoms. The van der Waals surface area contributed by atoms with E-state index >= 15 is 0 Å². The average Bonchev–Trinajstić information content (AvgIpc) is 2.53. The van der Waals surface area contributed by atoms with Crippen LogP contribution in [0.3, 0.4) is 0 Å². The normalized spacial score (nSPS) is 10.1. The van der Waals surface area contributed by atoms with Crippen LogP contribution in [0.1, 0.15) is 21.5 Å². The summed E-state index contributed by atoms with van der Waals surface area (Å²) in [5, 5.41) is 8.94. The second kappa shape index (κ2) is 6.76. The number of methoxy groups -OCH3 is 2. The molecule has 2 rings (SSSR count). The van der Waals surface area contributed by atoms with Gasteiger partial charge in [0.15, 0.2) is 17.3 Å². The van der Waals surface area contributed by atoms with Gasteiger partial charge in [0.1, 0.15) is 0 Å². The fourth-order valence-electron chi connectivity index (χ4n) is 2.26. The summed E-state index contributed by atoms with van der Waals surface area (Å²) in [5.74, 6) is -0.679. The molecule has 0 fully saturated rings. The van der Waals surface area contributed by atoms with Crippen LogP contribution in [-0.2, 0) is 11.2 Å². The van der Waals surface area contributed by atoms with Gasteiger partial charge in [-0.25, -0.2) is 0 Å². The zero-order chi connectivity index (χ0) is 16.1. The summed E-state index contributed by atoms with van der Waals surface area (Å²) in [7, 11) is 2.84. The highest BCUT2D eigenvalue weighted by Gasteiger charge is 2.21. The Balaban J connectivity index is 2.53. The number of rotatable bonds is 6. The van der Waals surface area contributed by atoms with Crippen LogP contribution in [0.4, 0.5) is 0 Å². The number of benzene rings is 2. The Kier molecular flexibility index (Phi) is 4.78. The molecule has 22 heavy (non-hydrogen) atoms. The predicted octanol–water partition coefficient (Wildman–Crippen LogP) is 2.56. The molecule has 0 saturated heterocycles. The maximum atomic E-state index is 12.6. The van der Waals surface area contributed by atoms with Crippen molar-refractivity contribution in [3.05, 3.63) is 59.2 Å². The topological polar surface area (TPSA) is 72.8 Å². The van der Waals surface area contributed by atoms with E-state index in [1.165, 1.54) is 14.2 Å². The summed E-state index contributed by atoms with van der Waals surface area (Å²) < 4.78 is 10.5. The minimum absolute atomic E-state index is 0.209. The summed E-state index contributed by atoms with van der Waals surface area (Å²) in [6.45, 7) is 0. The number of carboxylic acids is 1. The van der Waals surface area contributed by atoms with Crippen LogP contribution in [0.5, 0.6) is 11.5 Å². The molecule has 0 spiro atoms. The Hall–Kier alpha value is -2.82. The Morgan fingerprint density at radius 1 is 0.955 bits per heavy atom. The van der Waals surface area contributed by atoms with Gasteiger partial charge in [-0.05, 0) is 6.07 Å². The molecule has 114 valence electrons. The molecule has 0 radical (unpaired) electrons. The summed E-state index contributed by atoms with van der Waals surface area (Å²) in [5.41, 5.74) is 1.31. The zero-order valence-corrected chi connectivity index (χ0v) is 12.3. The third-order valence-electron chi connectivity index (χ3n) is 3.22. The van der Waals surface area contributed by atoms with Crippen LogP contribution >= 0.6 is 0 Å². The summed E-state index contributed by atoms with van der Waals surface area (Å²) in [6, 6.07) is 11.9. The van der Waals surface area contributed by atoms with Gasteiger partial charge < -0.3 is 14.6 Å². The standard InChI is InChI=1S/C17H16O5/c1-21-16-12(10-14(18)19)8-9-13(17(16)22-2)15(20)11-6-4-3-5-7-11/h3-9H,10H2,1-2H3,(H,18,19). The van der Waals surface area contributed by atoms with E-state index in [2.05, 4.69) is 0 Å². The van der Waals surface area contributed by atoms with Gasteiger partial charge in [0, 0.05) is 11.1 Å². The van der Waals surface area contributed by atoms with Crippen LogP contribution in [0.2, 0.25) is 0 Å². The highest BCUT2D eigenvalue weighted by Crippen LogP contribution is 2.36. The Morgan fingerprint density at radius 3 is 2.14 bits per heavy atom. The van der Waals surface area contributed by atoms with Gasteiger partial charge in [-0.1, -0.05) is 36.4 Å². The molecule has 0 aliphatic carbocycles. The monoisotopic (exact) mass is 300 g/mol. The van der Waals surface area contributed by atoms with Crippen molar-refractivity contribution >= 4 is 11.8 Å². The van der Waals surface area contributed by atoms with Gasteiger partial charge in [0.05, 0.1) is 26.2 Å². The molecule has 5 heteroatoms. The van der Waals surface area contributed by atoms with Gasteiger partial charge in [0.2, 0.25) is 0 Å². The van der Waals surface area contributed by atoms with Gasteiger partial charge in [0.25, 0.3) is 0 Å². The first-order valence-corrected chi connectivity index (χ1v) is 6.64. The molecule has 0 aliphatic heterocycles. The van der Waals surface area contributed by atoms with E-state index in [0.29, 0.717) is 16.7 Å². The smallest absolute Gasteiger partial charge is 0.307 e. The minimum atomic E-state index is -0.984. The van der Waals surface area contributed by atoms with Gasteiger partial charge in [-0.3, -0.25) is 9.59 Å². The maximum Gasteiger partial charge on any atom is 0.307 e. The lowest BCUT2D eigenvalue weighted by molar-refractivity contribution is -0.136. The molecule has 0 unspecified atom stereocenters. The Bertz CT molecular complexity index is 692. The molecule has 0 atom stereocenters. The van der Waals surface area contributed by atoms with E-state index in [4.69, 9.17) is 14.6 Å². The van der Waals surface area contributed by atoms with E-state index in [1.807, 2.05) is 6.07 Å². The maximum absolute atomic E-state index is 12.6. The lowest BCUT2D eigenvalue weighted by Gasteiger charge is -2.15. The largest absolute Gasteiger partial charge is 0.493 e. The number of carbonyl (C=O) groups is 2. The van der Waals surface area contributed by atoms with E-state index in [1.54, 1.807) is 36.4 Å². The van der Waals surface area contributed by atoms with Gasteiger partial charge in [-0.15, -0.1) is 0 Å². The molecule has 0 amide bonds. The number of ketones is 1. The van der Waals surface area contributed by atoms with Crippen LogP contribution in [0.25, 0.3) is 0 Å². The van der Waals surface area contributed by atoms with Gasteiger partial charge >= 0.3 is 5.97 Å². The lowest BCUT2D eigenvalue weighted by atomic mass is 9.99. The van der Waals surface area contributed by atoms with Crippen LogP contribution in [-0.4, -0.2) is 31.1 Å². The SMILES string of the molecule is COc1c(CC(=O)O)ccc(C(=O)c2ccccc2)c1OC. The Labute approximate surface area is 128 Å². The van der Waals surface area contributed by atoms with Gasteiger partial charge in [-0.2, -0.15) is 0 Å². The minimum Gasteiger partial charge on any atom is -0.493 e. The summed E-state index contributed by atoms with van der Waals surface area (Å²) >= 11 is 0. The van der Waals surface area contributed by atoms with Crippen molar-refractivity contribution in [2.45, 2.75) is 6.42 Å². The molecular weight excluding hydrogens is 284 g/mol. The molecule has 1 N–H and O–H groups in total. The highest BCUT2D eigenvalue weighted by molar-refractivity contribution is 6.11. The van der Waals surface area contributed by atoms with Crippen molar-refractivity contribution in [1.29, 1.82) is 0 Å². The van der Waals surface area contributed by atoms with Crippen molar-refractivity contribution < 1.29 is 24.2 Å². The fraction of sp³-hybridized carbons (Fsp3) is 0.176. The highest BCUT2D eigenvalue weighted by atomic mass is 16.5. The zero-order valence-electron chi connectivity index (χ0n) is 12.3. The number of hydrogen-bond acceptors (Lipinski definition) is 4. The van der Waals surface area contributed by atoms with E-state index in [9.17, 15) is 9.59 Å². The number of carbonyl (C=O) groups excluding carboxylic acids is 1. The van der Waals surface area contributed by atoms with Crippen molar-refractivity contribution in [3.8, 4) is 11.5 Å². The third kappa shape index (κ3) is 3.09. The van der Waals surface area contributed by atoms with E-state index in [-0.39, 0.29) is 23.7 Å². The number of ether oxygens (including phenoxy) is 2. The van der Waals surface area contributed by atoms with E-state index < -0.39 is 5.97 Å². The first-order chi connectivity index (χ1) is 10.6. The van der Waals surface area contributed by atoms with Crippen LogP contribution in [0, 0.1) is 0 Å². The van der Waals surface area contributed by atoms with Crippen molar-refractivity contribution in [3.63, 3.8) is 0 Å². The quantitative estimate of drug-likeness (QED) is 0.830. The lowest BCUT2D eigenvalue weighted by Crippen LogP contribution is -2.08. The predicted molar refractivity (Wildman–Crippen MR) is 80.8 cm³/mol. The fourth-order valence-corrected chi connectivity index (χ4v) is 2.26. The second-order valence-corrected chi connectivity index (χ2v) is 4.60. The molecule has 0 saturated carbocycles.